The first-order valence-corrected chi connectivity index (χ1v) is 5.88. The zero-order chi connectivity index (χ0) is 15.6. The smallest absolute Gasteiger partial charge is 0.311 e. The molecule has 0 bridgehead atoms. The van der Waals surface area contributed by atoms with E-state index in [1.165, 1.54) is 0 Å². The van der Waals surface area contributed by atoms with Crippen molar-refractivity contribution >= 4 is 17.6 Å². The fourth-order valence-electron chi connectivity index (χ4n) is 1.93. The van der Waals surface area contributed by atoms with E-state index in [9.17, 15) is 24.5 Å². The number of hydrogen-bond acceptors (Lipinski definition) is 6. The molecule has 1 saturated heterocycles. The third-order valence-electron chi connectivity index (χ3n) is 3.06. The number of nitrogens with zero attached hydrogens (tertiary/aromatic N) is 1. The number of hydrogen-bond donors (Lipinski definition) is 3. The van der Waals surface area contributed by atoms with Crippen LogP contribution in [0.5, 0.6) is 0 Å². The molecule has 2 unspecified atom stereocenters. The van der Waals surface area contributed by atoms with Crippen LogP contribution in [-0.2, 0) is 9.53 Å². The Hall–Kier alpha value is -2.75. The lowest BCUT2D eigenvalue weighted by Crippen LogP contribution is -2.44. The Balaban J connectivity index is 2.21. The van der Waals surface area contributed by atoms with E-state index < -0.39 is 45.6 Å². The molecule has 1 aliphatic rings. The first-order chi connectivity index (χ1) is 9.90. The van der Waals surface area contributed by atoms with Crippen LogP contribution >= 0.6 is 0 Å². The number of nitro groups is 1. The van der Waals surface area contributed by atoms with Gasteiger partial charge in [-0.2, -0.15) is 0 Å². The van der Waals surface area contributed by atoms with Gasteiger partial charge in [-0.15, -0.1) is 0 Å². The molecule has 1 aromatic rings. The van der Waals surface area contributed by atoms with Crippen molar-refractivity contribution in [1.29, 1.82) is 0 Å². The van der Waals surface area contributed by atoms with Gasteiger partial charge < -0.3 is 20.1 Å². The SMILES string of the molecule is O=C(NC1COCC1C(=O)O)c1cc([N+](=O)[O-])c[nH]c1=O. The van der Waals surface area contributed by atoms with E-state index in [2.05, 4.69) is 10.3 Å². The number of nitrogens with one attached hydrogen (secondary N) is 2. The Morgan fingerprint density at radius 3 is 2.81 bits per heavy atom. The van der Waals surface area contributed by atoms with Crippen LogP contribution in [0.15, 0.2) is 17.1 Å². The van der Waals surface area contributed by atoms with Gasteiger partial charge in [-0.3, -0.25) is 24.5 Å². The molecule has 2 heterocycles. The van der Waals surface area contributed by atoms with Crippen molar-refractivity contribution in [3.8, 4) is 0 Å². The maximum atomic E-state index is 12.0. The molecule has 21 heavy (non-hydrogen) atoms. The van der Waals surface area contributed by atoms with Gasteiger partial charge in [-0.25, -0.2) is 0 Å². The number of carbonyl (C=O) groups excluding carboxylic acids is 1. The highest BCUT2D eigenvalue weighted by Gasteiger charge is 2.35. The lowest BCUT2D eigenvalue weighted by atomic mass is 10.0. The summed E-state index contributed by atoms with van der Waals surface area (Å²) in [5.41, 5.74) is -1.71. The molecule has 0 radical (unpaired) electrons. The van der Waals surface area contributed by atoms with Crippen LogP contribution in [0, 0.1) is 16.0 Å². The highest BCUT2D eigenvalue weighted by molar-refractivity contribution is 5.94. The molecule has 10 nitrogen and oxygen atoms in total. The number of pyridine rings is 1. The van der Waals surface area contributed by atoms with Gasteiger partial charge in [-0.05, 0) is 0 Å². The fraction of sp³-hybridized carbons (Fsp3) is 0.364. The van der Waals surface area contributed by atoms with Gasteiger partial charge in [0.15, 0.2) is 0 Å². The molecule has 0 aliphatic carbocycles. The van der Waals surface area contributed by atoms with Gasteiger partial charge in [0, 0.05) is 6.07 Å². The number of aliphatic carboxylic acids is 1. The summed E-state index contributed by atoms with van der Waals surface area (Å²) in [6.07, 6.45) is 0.873. The van der Waals surface area contributed by atoms with Crippen LogP contribution in [-0.4, -0.2) is 46.1 Å². The number of rotatable bonds is 4. The molecule has 1 aromatic heterocycles. The number of aromatic amines is 1. The van der Waals surface area contributed by atoms with Crippen LogP contribution in [0.4, 0.5) is 5.69 Å². The molecule has 0 spiro atoms. The van der Waals surface area contributed by atoms with Gasteiger partial charge in [-0.1, -0.05) is 0 Å². The minimum absolute atomic E-state index is 0.00443. The molecule has 10 heteroatoms. The number of carbonyl (C=O) groups is 2. The van der Waals surface area contributed by atoms with Crippen molar-refractivity contribution in [3.05, 3.63) is 38.3 Å². The summed E-state index contributed by atoms with van der Waals surface area (Å²) < 4.78 is 4.97. The minimum Gasteiger partial charge on any atom is -0.481 e. The Morgan fingerprint density at radius 2 is 2.19 bits per heavy atom. The summed E-state index contributed by atoms with van der Waals surface area (Å²) >= 11 is 0. The van der Waals surface area contributed by atoms with Gasteiger partial charge in [0.2, 0.25) is 0 Å². The fourth-order valence-corrected chi connectivity index (χ4v) is 1.93. The number of aromatic nitrogens is 1. The number of amides is 1. The topological polar surface area (TPSA) is 152 Å². The van der Waals surface area contributed by atoms with Gasteiger partial charge in [0.25, 0.3) is 17.2 Å². The summed E-state index contributed by atoms with van der Waals surface area (Å²) in [6, 6.07) is 0.0355. The van der Waals surface area contributed by atoms with E-state index in [1.807, 2.05) is 0 Å². The second-order valence-corrected chi connectivity index (χ2v) is 4.42. The quantitative estimate of drug-likeness (QED) is 0.481. The van der Waals surface area contributed by atoms with Crippen LogP contribution in [0.2, 0.25) is 0 Å². The summed E-state index contributed by atoms with van der Waals surface area (Å²) in [4.78, 5) is 46.4. The summed E-state index contributed by atoms with van der Waals surface area (Å²) in [6.45, 7) is -0.0545. The maximum Gasteiger partial charge on any atom is 0.311 e. The molecule has 0 aromatic carbocycles. The van der Waals surface area contributed by atoms with E-state index in [1.54, 1.807) is 0 Å². The van der Waals surface area contributed by atoms with Crippen LogP contribution in [0.1, 0.15) is 10.4 Å². The standard InChI is InChI=1S/C11H11N3O7/c15-9-6(1-5(2-12-9)14(19)20)10(16)13-8-4-21-3-7(8)11(17)18/h1-2,7-8H,3-4H2,(H,12,15)(H,13,16)(H,17,18). The van der Waals surface area contributed by atoms with Crippen molar-refractivity contribution in [2.45, 2.75) is 6.04 Å². The lowest BCUT2D eigenvalue weighted by molar-refractivity contribution is -0.385. The monoisotopic (exact) mass is 297 g/mol. The van der Waals surface area contributed by atoms with Crippen molar-refractivity contribution in [2.75, 3.05) is 13.2 Å². The van der Waals surface area contributed by atoms with Gasteiger partial charge in [0.1, 0.15) is 11.5 Å². The number of ether oxygens (including phenoxy) is 1. The average molecular weight is 297 g/mol. The maximum absolute atomic E-state index is 12.0. The number of H-pyrrole nitrogens is 1. The van der Waals surface area contributed by atoms with Gasteiger partial charge in [0.05, 0.1) is 30.4 Å². The minimum atomic E-state index is -1.13. The van der Waals surface area contributed by atoms with Crippen molar-refractivity contribution in [3.63, 3.8) is 0 Å². The lowest BCUT2D eigenvalue weighted by Gasteiger charge is -2.15. The molecule has 2 rings (SSSR count). The zero-order valence-electron chi connectivity index (χ0n) is 10.6. The molecule has 1 amide bonds. The van der Waals surface area contributed by atoms with Crippen molar-refractivity contribution in [2.24, 2.45) is 5.92 Å². The van der Waals surface area contributed by atoms with E-state index in [-0.39, 0.29) is 13.2 Å². The van der Waals surface area contributed by atoms with Crippen LogP contribution in [0.3, 0.4) is 0 Å². The normalized spacial score (nSPS) is 21.0. The van der Waals surface area contributed by atoms with E-state index in [0.717, 1.165) is 12.3 Å². The second-order valence-electron chi connectivity index (χ2n) is 4.42. The third-order valence-corrected chi connectivity index (χ3v) is 3.06. The summed E-state index contributed by atoms with van der Waals surface area (Å²) in [5.74, 6) is -2.95. The predicted molar refractivity (Wildman–Crippen MR) is 66.9 cm³/mol. The first-order valence-electron chi connectivity index (χ1n) is 5.88. The molecule has 1 fully saturated rings. The average Bonchev–Trinajstić information content (AvgIpc) is 2.87. The van der Waals surface area contributed by atoms with Crippen LogP contribution in [0.25, 0.3) is 0 Å². The first kappa shape index (κ1) is 14.7. The molecular formula is C11H11N3O7. The second kappa shape index (κ2) is 5.71. The Kier molecular flexibility index (Phi) is 3.98. The molecular weight excluding hydrogens is 286 g/mol. The Labute approximate surface area is 116 Å². The highest BCUT2D eigenvalue weighted by Crippen LogP contribution is 2.15. The third kappa shape index (κ3) is 3.05. The number of carboxylic acid groups (broad SMARTS) is 1. The molecule has 112 valence electrons. The van der Waals surface area contributed by atoms with E-state index in [0.29, 0.717) is 0 Å². The van der Waals surface area contributed by atoms with Crippen molar-refractivity contribution in [1.82, 2.24) is 10.3 Å². The van der Waals surface area contributed by atoms with Gasteiger partial charge >= 0.3 is 5.97 Å². The Morgan fingerprint density at radius 1 is 1.48 bits per heavy atom. The summed E-state index contributed by atoms with van der Waals surface area (Å²) in [5, 5.41) is 21.9. The largest absolute Gasteiger partial charge is 0.481 e. The zero-order valence-corrected chi connectivity index (χ0v) is 10.6. The Bertz CT molecular complexity index is 653. The van der Waals surface area contributed by atoms with Crippen molar-refractivity contribution < 1.29 is 24.4 Å². The van der Waals surface area contributed by atoms with E-state index in [4.69, 9.17) is 9.84 Å². The molecule has 2 atom stereocenters. The molecule has 3 N–H and O–H groups in total. The molecule has 1 aliphatic heterocycles. The van der Waals surface area contributed by atoms with Crippen LogP contribution < -0.4 is 10.9 Å². The number of carboxylic acids is 1. The summed E-state index contributed by atoms with van der Waals surface area (Å²) in [7, 11) is 0. The van der Waals surface area contributed by atoms with E-state index >= 15 is 0 Å². The predicted octanol–water partition coefficient (Wildman–Crippen LogP) is -0.887. The molecule has 0 saturated carbocycles. The highest BCUT2D eigenvalue weighted by atomic mass is 16.6.